The third-order valence-corrected chi connectivity index (χ3v) is 5.52. The first-order valence-corrected chi connectivity index (χ1v) is 8.92. The molecule has 0 atom stereocenters. The summed E-state index contributed by atoms with van der Waals surface area (Å²) in [4.78, 5) is -0.135. The number of sulfone groups is 1. The molecule has 0 spiro atoms. The predicted octanol–water partition coefficient (Wildman–Crippen LogP) is 4.49. The van der Waals surface area contributed by atoms with Crippen LogP contribution in [0.1, 0.15) is 11.1 Å². The van der Waals surface area contributed by atoms with Gasteiger partial charge in [0.2, 0.25) is 9.84 Å². The van der Waals surface area contributed by atoms with Crippen molar-refractivity contribution in [2.24, 2.45) is 0 Å². The van der Waals surface area contributed by atoms with E-state index in [2.05, 4.69) is 0 Å². The summed E-state index contributed by atoms with van der Waals surface area (Å²) in [5.41, 5.74) is 1.67. The number of allylic oxidation sites excluding steroid dienone is 1. The van der Waals surface area contributed by atoms with Gasteiger partial charge in [-0.05, 0) is 41.5 Å². The molecule has 3 aromatic carbocycles. The van der Waals surface area contributed by atoms with Gasteiger partial charge in [-0.2, -0.15) is 5.26 Å². The minimum atomic E-state index is -3.83. The van der Waals surface area contributed by atoms with Crippen LogP contribution in [0.3, 0.4) is 0 Å². The molecule has 0 saturated carbocycles. The van der Waals surface area contributed by atoms with Crippen molar-refractivity contribution in [1.82, 2.24) is 0 Å². The van der Waals surface area contributed by atoms with Crippen molar-refractivity contribution in [3.05, 3.63) is 82.8 Å². The van der Waals surface area contributed by atoms with E-state index in [9.17, 15) is 13.7 Å². The summed E-state index contributed by atoms with van der Waals surface area (Å²) >= 11 is 0. The van der Waals surface area contributed by atoms with Crippen LogP contribution in [-0.2, 0) is 9.84 Å². The minimum absolute atomic E-state index is 0.126. The summed E-state index contributed by atoms with van der Waals surface area (Å²) < 4.78 is 25.4. The van der Waals surface area contributed by atoms with Gasteiger partial charge in [0.05, 0.1) is 4.90 Å². The Hall–Kier alpha value is -2.90. The Morgan fingerprint density at radius 2 is 1.62 bits per heavy atom. The van der Waals surface area contributed by atoms with Crippen LogP contribution in [0.5, 0.6) is 0 Å². The molecule has 0 heterocycles. The average Bonchev–Trinajstić information content (AvgIpc) is 2.60. The van der Waals surface area contributed by atoms with Crippen LogP contribution in [-0.4, -0.2) is 8.42 Å². The first kappa shape index (κ1) is 16.0. The number of benzene rings is 3. The highest BCUT2D eigenvalue weighted by atomic mass is 32.2. The third-order valence-electron chi connectivity index (χ3n) is 3.84. The van der Waals surface area contributed by atoms with Gasteiger partial charge in [0, 0.05) is 0 Å². The fraction of sp³-hybridized carbons (Fsp3) is 0.0500. The standard InChI is InChI=1S/C20H15NO2S/c1-15-9-11-18(12-10-15)24(22,23)19(14-21)13-17-7-4-6-16-5-2-3-8-20(16)17/h2-13H,1H3/b19-13+. The van der Waals surface area contributed by atoms with E-state index in [1.165, 1.54) is 18.2 Å². The molecule has 4 heteroatoms. The first-order chi connectivity index (χ1) is 11.5. The van der Waals surface area contributed by atoms with Gasteiger partial charge >= 0.3 is 0 Å². The molecule has 0 N–H and O–H groups in total. The quantitative estimate of drug-likeness (QED) is 0.664. The molecular formula is C20H15NO2S. The van der Waals surface area contributed by atoms with E-state index < -0.39 is 9.84 Å². The summed E-state index contributed by atoms with van der Waals surface area (Å²) in [6.45, 7) is 1.88. The Bertz CT molecular complexity index is 1070. The highest BCUT2D eigenvalue weighted by Gasteiger charge is 2.20. The highest BCUT2D eigenvalue weighted by molar-refractivity contribution is 7.95. The highest BCUT2D eigenvalue weighted by Crippen LogP contribution is 2.25. The van der Waals surface area contributed by atoms with Crippen LogP contribution in [0.4, 0.5) is 0 Å². The van der Waals surface area contributed by atoms with Crippen LogP contribution in [0.2, 0.25) is 0 Å². The monoisotopic (exact) mass is 333 g/mol. The Morgan fingerprint density at radius 1 is 0.958 bits per heavy atom. The number of nitrogens with zero attached hydrogens (tertiary/aromatic N) is 1. The normalized spacial score (nSPS) is 12.1. The molecule has 0 aliphatic rings. The van der Waals surface area contributed by atoms with E-state index in [0.29, 0.717) is 5.56 Å². The molecule has 3 rings (SSSR count). The number of aryl methyl sites for hydroxylation is 1. The van der Waals surface area contributed by atoms with E-state index >= 15 is 0 Å². The summed E-state index contributed by atoms with van der Waals surface area (Å²) in [5, 5.41) is 11.3. The molecule has 0 amide bonds. The zero-order valence-corrected chi connectivity index (χ0v) is 13.9. The van der Waals surface area contributed by atoms with E-state index in [-0.39, 0.29) is 9.80 Å². The van der Waals surface area contributed by atoms with E-state index in [0.717, 1.165) is 16.3 Å². The Labute approximate surface area is 141 Å². The zero-order valence-electron chi connectivity index (χ0n) is 13.1. The summed E-state index contributed by atoms with van der Waals surface area (Å²) in [6, 6.07) is 21.6. The van der Waals surface area contributed by atoms with Crippen molar-refractivity contribution in [3.8, 4) is 6.07 Å². The van der Waals surface area contributed by atoms with Crippen LogP contribution in [0, 0.1) is 18.3 Å². The number of nitriles is 1. The van der Waals surface area contributed by atoms with Gasteiger partial charge in [-0.3, -0.25) is 0 Å². The minimum Gasteiger partial charge on any atom is -0.218 e. The molecule has 0 bridgehead atoms. The maximum atomic E-state index is 12.7. The van der Waals surface area contributed by atoms with E-state index in [4.69, 9.17) is 0 Å². The number of fused-ring (bicyclic) bond motifs is 1. The van der Waals surface area contributed by atoms with Crippen molar-refractivity contribution >= 4 is 26.7 Å². The molecular weight excluding hydrogens is 318 g/mol. The maximum absolute atomic E-state index is 12.7. The number of hydrogen-bond donors (Lipinski definition) is 0. The molecule has 24 heavy (non-hydrogen) atoms. The smallest absolute Gasteiger partial charge is 0.216 e. The van der Waals surface area contributed by atoms with E-state index in [1.807, 2.05) is 55.5 Å². The summed E-state index contributed by atoms with van der Waals surface area (Å²) in [6.07, 6.45) is 1.44. The lowest BCUT2D eigenvalue weighted by atomic mass is 10.0. The van der Waals surface area contributed by atoms with Crippen molar-refractivity contribution in [3.63, 3.8) is 0 Å². The van der Waals surface area contributed by atoms with Crippen molar-refractivity contribution < 1.29 is 8.42 Å². The molecule has 3 aromatic rings. The van der Waals surface area contributed by atoms with Crippen LogP contribution >= 0.6 is 0 Å². The van der Waals surface area contributed by atoms with Crippen molar-refractivity contribution in [1.29, 1.82) is 5.26 Å². The second-order valence-electron chi connectivity index (χ2n) is 5.51. The molecule has 0 aliphatic carbocycles. The molecule has 0 aromatic heterocycles. The molecule has 0 aliphatic heterocycles. The average molecular weight is 333 g/mol. The first-order valence-electron chi connectivity index (χ1n) is 7.44. The second kappa shape index (κ2) is 6.31. The molecule has 0 saturated heterocycles. The van der Waals surface area contributed by atoms with Crippen molar-refractivity contribution in [2.75, 3.05) is 0 Å². The zero-order chi connectivity index (χ0) is 17.2. The number of hydrogen-bond acceptors (Lipinski definition) is 3. The van der Waals surface area contributed by atoms with E-state index in [1.54, 1.807) is 12.1 Å². The second-order valence-corrected chi connectivity index (χ2v) is 7.42. The van der Waals surface area contributed by atoms with Crippen LogP contribution < -0.4 is 0 Å². The third kappa shape index (κ3) is 2.94. The van der Waals surface area contributed by atoms with Gasteiger partial charge in [-0.1, -0.05) is 60.2 Å². The lowest BCUT2D eigenvalue weighted by Gasteiger charge is -2.06. The van der Waals surface area contributed by atoms with Gasteiger partial charge in [-0.15, -0.1) is 0 Å². The fourth-order valence-electron chi connectivity index (χ4n) is 2.53. The Kier molecular flexibility index (Phi) is 4.20. The molecule has 3 nitrogen and oxygen atoms in total. The van der Waals surface area contributed by atoms with Crippen molar-refractivity contribution in [2.45, 2.75) is 11.8 Å². The van der Waals surface area contributed by atoms with Gasteiger partial charge in [0.1, 0.15) is 11.0 Å². The Morgan fingerprint density at radius 3 is 2.33 bits per heavy atom. The predicted molar refractivity (Wildman–Crippen MR) is 95.9 cm³/mol. The van der Waals surface area contributed by atoms with Crippen LogP contribution in [0.25, 0.3) is 16.8 Å². The van der Waals surface area contributed by atoms with Crippen LogP contribution in [0.15, 0.2) is 76.5 Å². The molecule has 0 unspecified atom stereocenters. The Balaban J connectivity index is 2.16. The SMILES string of the molecule is Cc1ccc(S(=O)(=O)/C(C#N)=C/c2cccc3ccccc23)cc1. The summed E-state index contributed by atoms with van der Waals surface area (Å²) in [7, 11) is -3.83. The molecule has 118 valence electrons. The lowest BCUT2D eigenvalue weighted by Crippen LogP contribution is -2.03. The largest absolute Gasteiger partial charge is 0.218 e. The van der Waals surface area contributed by atoms with Gasteiger partial charge < -0.3 is 0 Å². The number of rotatable bonds is 3. The maximum Gasteiger partial charge on any atom is 0.216 e. The topological polar surface area (TPSA) is 57.9 Å². The van der Waals surface area contributed by atoms with Gasteiger partial charge in [0.25, 0.3) is 0 Å². The lowest BCUT2D eigenvalue weighted by molar-refractivity contribution is 0.603. The molecule has 0 fully saturated rings. The summed E-state index contributed by atoms with van der Waals surface area (Å²) in [5.74, 6) is 0. The van der Waals surface area contributed by atoms with Gasteiger partial charge in [-0.25, -0.2) is 8.42 Å². The van der Waals surface area contributed by atoms with Gasteiger partial charge in [0.15, 0.2) is 0 Å². The molecule has 0 radical (unpaired) electrons. The fourth-order valence-corrected chi connectivity index (χ4v) is 3.68.